The molecule has 2 rings (SSSR count). The van der Waals surface area contributed by atoms with Gasteiger partial charge >= 0.3 is 0 Å². The van der Waals surface area contributed by atoms with E-state index in [-0.39, 0.29) is 0 Å². The van der Waals surface area contributed by atoms with E-state index in [4.69, 9.17) is 0 Å². The van der Waals surface area contributed by atoms with Crippen LogP contribution < -0.4 is 5.32 Å². The number of hydrogen-bond acceptors (Lipinski definition) is 2. The molecular weight excluding hydrogens is 172 g/mol. The zero-order valence-corrected chi connectivity index (χ0v) is 9.63. The number of rotatable bonds is 3. The van der Waals surface area contributed by atoms with Crippen molar-refractivity contribution in [2.75, 3.05) is 19.6 Å². The van der Waals surface area contributed by atoms with E-state index in [1.54, 1.807) is 0 Å². The molecule has 0 bridgehead atoms. The van der Waals surface area contributed by atoms with Crippen LogP contribution in [0.25, 0.3) is 0 Å². The van der Waals surface area contributed by atoms with Gasteiger partial charge in [-0.05, 0) is 51.6 Å². The summed E-state index contributed by atoms with van der Waals surface area (Å²) < 4.78 is 0. The van der Waals surface area contributed by atoms with Crippen LogP contribution in [-0.4, -0.2) is 36.6 Å². The Hall–Kier alpha value is -0.0800. The van der Waals surface area contributed by atoms with Gasteiger partial charge in [-0.2, -0.15) is 0 Å². The normalized spacial score (nSPS) is 39.4. The van der Waals surface area contributed by atoms with Crippen LogP contribution in [0.5, 0.6) is 0 Å². The van der Waals surface area contributed by atoms with E-state index in [0.29, 0.717) is 0 Å². The fourth-order valence-corrected chi connectivity index (χ4v) is 3.06. The third-order valence-corrected chi connectivity index (χ3v) is 4.06. The Morgan fingerprint density at radius 3 is 2.79 bits per heavy atom. The quantitative estimate of drug-likeness (QED) is 0.741. The first-order valence-corrected chi connectivity index (χ1v) is 6.27. The molecule has 2 aliphatic rings. The van der Waals surface area contributed by atoms with Crippen molar-refractivity contribution in [3.05, 3.63) is 0 Å². The molecule has 2 fully saturated rings. The summed E-state index contributed by atoms with van der Waals surface area (Å²) in [5, 5.41) is 3.47. The molecule has 0 saturated carbocycles. The van der Waals surface area contributed by atoms with Crippen molar-refractivity contribution in [2.24, 2.45) is 5.92 Å². The smallest absolute Gasteiger partial charge is 0.00961 e. The summed E-state index contributed by atoms with van der Waals surface area (Å²) in [7, 11) is 0. The van der Waals surface area contributed by atoms with E-state index < -0.39 is 0 Å². The first-order valence-electron chi connectivity index (χ1n) is 6.27. The second-order valence-corrected chi connectivity index (χ2v) is 5.04. The van der Waals surface area contributed by atoms with E-state index in [9.17, 15) is 0 Å². The monoisotopic (exact) mass is 196 g/mol. The lowest BCUT2D eigenvalue weighted by molar-refractivity contribution is 0.172. The summed E-state index contributed by atoms with van der Waals surface area (Å²) in [4.78, 5) is 2.76. The van der Waals surface area contributed by atoms with Crippen LogP contribution in [0.15, 0.2) is 0 Å². The second kappa shape index (κ2) is 4.63. The van der Waals surface area contributed by atoms with Crippen LogP contribution in [0.4, 0.5) is 0 Å². The molecule has 0 amide bonds. The van der Waals surface area contributed by atoms with Crippen LogP contribution in [-0.2, 0) is 0 Å². The fourth-order valence-electron chi connectivity index (χ4n) is 3.06. The Morgan fingerprint density at radius 2 is 2.14 bits per heavy atom. The maximum Gasteiger partial charge on any atom is 0.00961 e. The van der Waals surface area contributed by atoms with E-state index in [1.165, 1.54) is 45.3 Å². The van der Waals surface area contributed by atoms with Gasteiger partial charge in [0.05, 0.1) is 0 Å². The summed E-state index contributed by atoms with van der Waals surface area (Å²) in [5.41, 5.74) is 0. The van der Waals surface area contributed by atoms with Gasteiger partial charge in [-0.1, -0.05) is 6.92 Å². The molecule has 0 radical (unpaired) electrons. The van der Waals surface area contributed by atoms with Gasteiger partial charge in [-0.15, -0.1) is 0 Å². The van der Waals surface area contributed by atoms with E-state index >= 15 is 0 Å². The minimum absolute atomic E-state index is 0.834. The number of hydrogen-bond donors (Lipinski definition) is 1. The molecule has 3 unspecified atom stereocenters. The molecule has 0 aromatic heterocycles. The van der Waals surface area contributed by atoms with Crippen LogP contribution in [0, 0.1) is 5.92 Å². The number of nitrogens with one attached hydrogen (secondary N) is 1. The van der Waals surface area contributed by atoms with Gasteiger partial charge in [0, 0.05) is 18.6 Å². The molecule has 2 heteroatoms. The van der Waals surface area contributed by atoms with Gasteiger partial charge < -0.3 is 5.32 Å². The zero-order valence-electron chi connectivity index (χ0n) is 9.63. The predicted octanol–water partition coefficient (Wildman–Crippen LogP) is 1.86. The second-order valence-electron chi connectivity index (χ2n) is 5.04. The lowest BCUT2D eigenvalue weighted by Crippen LogP contribution is -2.38. The van der Waals surface area contributed by atoms with Crippen molar-refractivity contribution in [2.45, 2.75) is 51.6 Å². The molecule has 3 atom stereocenters. The summed E-state index contributed by atoms with van der Waals surface area (Å²) >= 11 is 0. The van der Waals surface area contributed by atoms with Gasteiger partial charge in [0.25, 0.3) is 0 Å². The largest absolute Gasteiger partial charge is 0.316 e. The molecule has 1 N–H and O–H groups in total. The summed E-state index contributed by atoms with van der Waals surface area (Å²) in [6, 6.07) is 1.71. The molecule has 0 aliphatic carbocycles. The minimum Gasteiger partial charge on any atom is -0.316 e. The Morgan fingerprint density at radius 1 is 1.29 bits per heavy atom. The van der Waals surface area contributed by atoms with Gasteiger partial charge in [-0.3, -0.25) is 4.90 Å². The molecule has 14 heavy (non-hydrogen) atoms. The first-order chi connectivity index (χ1) is 6.81. The Labute approximate surface area is 88.1 Å². The van der Waals surface area contributed by atoms with Gasteiger partial charge in [0.2, 0.25) is 0 Å². The third kappa shape index (κ3) is 2.12. The van der Waals surface area contributed by atoms with Crippen molar-refractivity contribution in [1.82, 2.24) is 10.2 Å². The highest BCUT2D eigenvalue weighted by Gasteiger charge is 2.31. The molecule has 0 aromatic rings. The molecule has 2 aliphatic heterocycles. The highest BCUT2D eigenvalue weighted by atomic mass is 15.2. The van der Waals surface area contributed by atoms with Crippen molar-refractivity contribution in [1.29, 1.82) is 0 Å². The lowest BCUT2D eigenvalue weighted by atomic mass is 10.1. The maximum atomic E-state index is 3.47. The van der Waals surface area contributed by atoms with Gasteiger partial charge in [0.15, 0.2) is 0 Å². The molecule has 2 nitrogen and oxygen atoms in total. The third-order valence-electron chi connectivity index (χ3n) is 4.06. The minimum atomic E-state index is 0.834. The van der Waals surface area contributed by atoms with Crippen molar-refractivity contribution >= 4 is 0 Å². The number of likely N-dealkylation sites (tertiary alicyclic amines) is 1. The van der Waals surface area contributed by atoms with Crippen LogP contribution >= 0.6 is 0 Å². The van der Waals surface area contributed by atoms with Crippen LogP contribution in [0.3, 0.4) is 0 Å². The molecule has 82 valence electrons. The highest BCUT2D eigenvalue weighted by Crippen LogP contribution is 2.27. The van der Waals surface area contributed by atoms with E-state index in [0.717, 1.165) is 18.0 Å². The van der Waals surface area contributed by atoms with Crippen molar-refractivity contribution in [3.63, 3.8) is 0 Å². The molecule has 0 aromatic carbocycles. The SMILES string of the molecule is CCC1CCC(C)N1CC1CCNC1. The standard InChI is InChI=1S/C12H24N2/c1-3-12-5-4-10(2)14(12)9-11-6-7-13-8-11/h10-13H,3-9H2,1-2H3. The summed E-state index contributed by atoms with van der Waals surface area (Å²) in [6.07, 6.45) is 5.57. The molecule has 0 spiro atoms. The molecular formula is C12H24N2. The Bertz CT molecular complexity index is 175. The predicted molar refractivity (Wildman–Crippen MR) is 60.5 cm³/mol. The Balaban J connectivity index is 1.87. The number of nitrogens with zero attached hydrogens (tertiary/aromatic N) is 1. The first kappa shape index (κ1) is 10.4. The Kier molecular flexibility index (Phi) is 3.45. The molecule has 2 saturated heterocycles. The van der Waals surface area contributed by atoms with E-state index in [1.807, 2.05) is 0 Å². The fraction of sp³-hybridized carbons (Fsp3) is 1.00. The van der Waals surface area contributed by atoms with Crippen molar-refractivity contribution < 1.29 is 0 Å². The summed E-state index contributed by atoms with van der Waals surface area (Å²) in [5.74, 6) is 0.921. The van der Waals surface area contributed by atoms with Crippen LogP contribution in [0.1, 0.15) is 39.5 Å². The van der Waals surface area contributed by atoms with Gasteiger partial charge in [0.1, 0.15) is 0 Å². The molecule has 2 heterocycles. The highest BCUT2D eigenvalue weighted by molar-refractivity contribution is 4.87. The lowest BCUT2D eigenvalue weighted by Gasteiger charge is -2.30. The topological polar surface area (TPSA) is 15.3 Å². The zero-order chi connectivity index (χ0) is 9.97. The maximum absolute atomic E-state index is 3.47. The average molecular weight is 196 g/mol. The summed E-state index contributed by atoms with van der Waals surface area (Å²) in [6.45, 7) is 8.57. The van der Waals surface area contributed by atoms with Crippen LogP contribution in [0.2, 0.25) is 0 Å². The van der Waals surface area contributed by atoms with Gasteiger partial charge in [-0.25, -0.2) is 0 Å². The average Bonchev–Trinajstić information content (AvgIpc) is 2.79. The van der Waals surface area contributed by atoms with E-state index in [2.05, 4.69) is 24.1 Å². The van der Waals surface area contributed by atoms with Crippen molar-refractivity contribution in [3.8, 4) is 0 Å².